The molecule has 0 spiro atoms. The number of hydroxylamine groups is 2. The van der Waals surface area contributed by atoms with Crippen LogP contribution in [0.25, 0.3) is 0 Å². The summed E-state index contributed by atoms with van der Waals surface area (Å²) in [5.74, 6) is -2.97. The molecule has 0 saturated carbocycles. The average Bonchev–Trinajstić information content (AvgIpc) is 3.02. The molecule has 1 aromatic carbocycles. The summed E-state index contributed by atoms with van der Waals surface area (Å²) in [6.07, 6.45) is -4.70. The Morgan fingerprint density at radius 2 is 1.71 bits per heavy atom. The summed E-state index contributed by atoms with van der Waals surface area (Å²) in [5.41, 5.74) is -0.103. The van der Waals surface area contributed by atoms with E-state index in [1.807, 2.05) is 0 Å². The van der Waals surface area contributed by atoms with Crippen molar-refractivity contribution < 1.29 is 32.4 Å². The van der Waals surface area contributed by atoms with E-state index in [-0.39, 0.29) is 33.2 Å². The summed E-state index contributed by atoms with van der Waals surface area (Å²) in [7, 11) is 0. The lowest BCUT2D eigenvalue weighted by Gasteiger charge is -2.11. The Morgan fingerprint density at radius 3 is 2.17 bits per heavy atom. The molecule has 2 heterocycles. The van der Waals surface area contributed by atoms with Crippen molar-refractivity contribution in [2.24, 2.45) is 0 Å². The number of alkyl halides is 3. The lowest BCUT2D eigenvalue weighted by Crippen LogP contribution is -2.32. The lowest BCUT2D eigenvalue weighted by atomic mass is 10.1. The molecule has 124 valence electrons. The van der Waals surface area contributed by atoms with Crippen LogP contribution in [-0.2, 0) is 11.0 Å². The number of imide groups is 1. The van der Waals surface area contributed by atoms with Crippen molar-refractivity contribution in [3.63, 3.8) is 0 Å². The minimum atomic E-state index is -4.70. The monoisotopic (exact) mass is 356 g/mol. The molecular weight excluding hydrogens is 349 g/mol. The Labute approximate surface area is 136 Å². The van der Waals surface area contributed by atoms with Crippen LogP contribution in [0.5, 0.6) is 0 Å². The SMILES string of the molecule is Cc1nc(C(F)(F)F)sc1C(=O)ON1C(=O)c2ccccc2C1=O. The van der Waals surface area contributed by atoms with E-state index in [1.54, 1.807) is 0 Å². The van der Waals surface area contributed by atoms with Gasteiger partial charge in [0.15, 0.2) is 5.01 Å². The summed E-state index contributed by atoms with van der Waals surface area (Å²) in [5, 5.41) is -0.978. The molecule has 6 nitrogen and oxygen atoms in total. The maximum Gasteiger partial charge on any atom is 0.443 e. The van der Waals surface area contributed by atoms with Gasteiger partial charge in [0.2, 0.25) is 0 Å². The van der Waals surface area contributed by atoms with Crippen molar-refractivity contribution in [3.8, 4) is 0 Å². The van der Waals surface area contributed by atoms with E-state index in [1.165, 1.54) is 31.2 Å². The second-order valence-electron chi connectivity index (χ2n) is 4.76. The van der Waals surface area contributed by atoms with Gasteiger partial charge in [0.05, 0.1) is 16.8 Å². The quantitative estimate of drug-likeness (QED) is 0.774. The summed E-state index contributed by atoms with van der Waals surface area (Å²) in [6.45, 7) is 1.20. The van der Waals surface area contributed by atoms with Crippen LogP contribution in [-0.4, -0.2) is 27.8 Å². The average molecular weight is 356 g/mol. The molecule has 3 rings (SSSR count). The number of aryl methyl sites for hydroxylation is 1. The van der Waals surface area contributed by atoms with E-state index in [2.05, 4.69) is 4.98 Å². The van der Waals surface area contributed by atoms with Crippen LogP contribution < -0.4 is 0 Å². The topological polar surface area (TPSA) is 76.6 Å². The van der Waals surface area contributed by atoms with Crippen LogP contribution in [0.2, 0.25) is 0 Å². The van der Waals surface area contributed by atoms with Gasteiger partial charge in [0, 0.05) is 0 Å². The summed E-state index contributed by atoms with van der Waals surface area (Å²) in [4.78, 5) is 43.7. The van der Waals surface area contributed by atoms with Gasteiger partial charge in [-0.05, 0) is 19.1 Å². The van der Waals surface area contributed by atoms with Gasteiger partial charge in [-0.3, -0.25) is 9.59 Å². The molecular formula is C14H7F3N2O4S. The normalized spacial score (nSPS) is 14.1. The van der Waals surface area contributed by atoms with Gasteiger partial charge in [0.25, 0.3) is 11.8 Å². The lowest BCUT2D eigenvalue weighted by molar-refractivity contribution is -0.137. The highest BCUT2D eigenvalue weighted by Gasteiger charge is 2.41. The molecule has 0 atom stereocenters. The highest BCUT2D eigenvalue weighted by atomic mass is 32.1. The Hall–Kier alpha value is -2.75. The van der Waals surface area contributed by atoms with Gasteiger partial charge in [-0.2, -0.15) is 13.2 Å². The number of hydrogen-bond donors (Lipinski definition) is 0. The number of carbonyl (C=O) groups is 3. The minimum absolute atomic E-state index is 0.0484. The second kappa shape index (κ2) is 5.41. The Kier molecular flexibility index (Phi) is 3.63. The highest BCUT2D eigenvalue weighted by Crippen LogP contribution is 2.34. The molecule has 0 unspecified atom stereocenters. The summed E-state index contributed by atoms with van der Waals surface area (Å²) in [6, 6.07) is 5.81. The molecule has 0 bridgehead atoms. The first-order chi connectivity index (χ1) is 11.2. The van der Waals surface area contributed by atoms with Gasteiger partial charge >= 0.3 is 12.1 Å². The van der Waals surface area contributed by atoms with Crippen LogP contribution in [0.15, 0.2) is 24.3 Å². The fraction of sp³-hybridized carbons (Fsp3) is 0.143. The van der Waals surface area contributed by atoms with Crippen LogP contribution >= 0.6 is 11.3 Å². The van der Waals surface area contributed by atoms with Crippen molar-refractivity contribution in [2.45, 2.75) is 13.1 Å². The van der Waals surface area contributed by atoms with Gasteiger partial charge in [-0.25, -0.2) is 9.78 Å². The molecule has 1 aliphatic heterocycles. The van der Waals surface area contributed by atoms with Gasteiger partial charge in [-0.15, -0.1) is 11.3 Å². The molecule has 0 saturated heterocycles. The second-order valence-corrected chi connectivity index (χ2v) is 5.76. The molecule has 0 fully saturated rings. The Bertz CT molecular complexity index is 840. The maximum atomic E-state index is 12.6. The number of fused-ring (bicyclic) bond motifs is 1. The van der Waals surface area contributed by atoms with E-state index >= 15 is 0 Å². The zero-order valence-corrected chi connectivity index (χ0v) is 12.7. The molecule has 2 aromatic rings. The molecule has 0 aliphatic carbocycles. The zero-order valence-electron chi connectivity index (χ0n) is 11.9. The highest BCUT2D eigenvalue weighted by molar-refractivity contribution is 7.13. The first kappa shape index (κ1) is 16.1. The first-order valence-electron chi connectivity index (χ1n) is 6.45. The molecule has 1 aromatic heterocycles. The predicted octanol–water partition coefficient (Wildman–Crippen LogP) is 2.84. The number of halogens is 3. The minimum Gasteiger partial charge on any atom is -0.323 e. The van der Waals surface area contributed by atoms with E-state index in [0.717, 1.165) is 0 Å². The molecule has 0 N–H and O–H groups in total. The maximum absolute atomic E-state index is 12.6. The third-order valence-corrected chi connectivity index (χ3v) is 4.34. The van der Waals surface area contributed by atoms with Crippen molar-refractivity contribution in [1.82, 2.24) is 10.0 Å². The Morgan fingerprint density at radius 1 is 1.17 bits per heavy atom. The van der Waals surface area contributed by atoms with Crippen molar-refractivity contribution in [3.05, 3.63) is 51.0 Å². The molecule has 2 amide bonds. The van der Waals surface area contributed by atoms with Gasteiger partial charge < -0.3 is 4.84 Å². The number of aromatic nitrogens is 1. The number of rotatable bonds is 2. The van der Waals surface area contributed by atoms with E-state index < -0.39 is 33.8 Å². The standard InChI is InChI=1S/C14H7F3N2O4S/c1-6-9(24-13(18-6)14(15,16)17)12(22)23-19-10(20)7-4-2-3-5-8(7)11(19)21/h2-5H,1H3. The van der Waals surface area contributed by atoms with Gasteiger partial charge in [-0.1, -0.05) is 17.2 Å². The predicted molar refractivity (Wildman–Crippen MR) is 74.2 cm³/mol. The van der Waals surface area contributed by atoms with Crippen LogP contribution in [0.4, 0.5) is 13.2 Å². The van der Waals surface area contributed by atoms with Crippen LogP contribution in [0.3, 0.4) is 0 Å². The number of amides is 2. The number of carbonyl (C=O) groups excluding carboxylic acids is 3. The van der Waals surface area contributed by atoms with Crippen LogP contribution in [0.1, 0.15) is 41.1 Å². The zero-order chi connectivity index (χ0) is 17.6. The Balaban J connectivity index is 1.86. The number of benzene rings is 1. The third kappa shape index (κ3) is 2.54. The smallest absolute Gasteiger partial charge is 0.323 e. The number of thiazole rings is 1. The summed E-state index contributed by atoms with van der Waals surface area (Å²) >= 11 is 0.0843. The molecule has 0 radical (unpaired) electrons. The fourth-order valence-electron chi connectivity index (χ4n) is 2.08. The first-order valence-corrected chi connectivity index (χ1v) is 7.26. The van der Waals surface area contributed by atoms with Crippen molar-refractivity contribution in [1.29, 1.82) is 0 Å². The third-order valence-electron chi connectivity index (χ3n) is 3.16. The fourth-order valence-corrected chi connectivity index (χ4v) is 2.89. The van der Waals surface area contributed by atoms with E-state index in [9.17, 15) is 27.6 Å². The van der Waals surface area contributed by atoms with E-state index in [0.29, 0.717) is 0 Å². The van der Waals surface area contributed by atoms with Crippen molar-refractivity contribution >= 4 is 29.1 Å². The molecule has 24 heavy (non-hydrogen) atoms. The van der Waals surface area contributed by atoms with E-state index in [4.69, 9.17) is 4.84 Å². The molecule has 1 aliphatic rings. The van der Waals surface area contributed by atoms with Gasteiger partial charge in [0.1, 0.15) is 4.88 Å². The number of hydrogen-bond acceptors (Lipinski definition) is 6. The number of nitrogens with zero attached hydrogens (tertiary/aromatic N) is 2. The van der Waals surface area contributed by atoms with Crippen molar-refractivity contribution in [2.75, 3.05) is 0 Å². The molecule has 10 heteroatoms. The largest absolute Gasteiger partial charge is 0.443 e. The van der Waals surface area contributed by atoms with Crippen LogP contribution in [0, 0.1) is 6.92 Å². The summed E-state index contributed by atoms with van der Waals surface area (Å²) < 4.78 is 37.9.